The van der Waals surface area contributed by atoms with E-state index in [4.69, 9.17) is 9.73 Å². The summed E-state index contributed by atoms with van der Waals surface area (Å²) in [6.45, 7) is 11.4. The smallest absolute Gasteiger partial charge is 0.293 e. The van der Waals surface area contributed by atoms with Crippen LogP contribution >= 0.6 is 24.0 Å². The first-order valence-electron chi connectivity index (χ1n) is 10.4. The van der Waals surface area contributed by atoms with Gasteiger partial charge in [-0.25, -0.2) is 4.98 Å². The van der Waals surface area contributed by atoms with E-state index in [2.05, 4.69) is 40.9 Å². The molecule has 2 saturated heterocycles. The summed E-state index contributed by atoms with van der Waals surface area (Å²) in [6, 6.07) is 0.395. The monoisotopic (exact) mass is 516 g/mol. The zero-order valence-corrected chi connectivity index (χ0v) is 20.1. The van der Waals surface area contributed by atoms with Gasteiger partial charge in [-0.05, 0) is 13.3 Å². The molecule has 1 aliphatic carbocycles. The molecule has 3 aliphatic rings. The van der Waals surface area contributed by atoms with Crippen LogP contribution in [0, 0.1) is 11.3 Å². The molecule has 0 spiro atoms. The third-order valence-electron chi connectivity index (χ3n) is 6.57. The van der Waals surface area contributed by atoms with Gasteiger partial charge in [0.15, 0.2) is 11.8 Å². The Kier molecular flexibility index (Phi) is 6.77. The van der Waals surface area contributed by atoms with E-state index in [-0.39, 0.29) is 35.0 Å². The molecule has 1 N–H and O–H groups in total. The van der Waals surface area contributed by atoms with Crippen molar-refractivity contribution >= 4 is 35.8 Å². The lowest BCUT2D eigenvalue weighted by Crippen LogP contribution is -2.68. The van der Waals surface area contributed by atoms with Crippen LogP contribution in [-0.2, 0) is 11.8 Å². The molecular formula is C20H33IN6O2. The Morgan fingerprint density at radius 2 is 2.07 bits per heavy atom. The van der Waals surface area contributed by atoms with Gasteiger partial charge in [0, 0.05) is 76.1 Å². The Balaban J connectivity index is 0.00000240. The zero-order valence-electron chi connectivity index (χ0n) is 17.8. The van der Waals surface area contributed by atoms with Crippen molar-refractivity contribution < 1.29 is 4.74 Å². The molecule has 3 atom stereocenters. The summed E-state index contributed by atoms with van der Waals surface area (Å²) in [5, 5.41) is 3.76. The minimum atomic E-state index is -0.0417. The van der Waals surface area contributed by atoms with Crippen LogP contribution in [0.5, 0.6) is 0 Å². The lowest BCUT2D eigenvalue weighted by atomic mass is 9.57. The van der Waals surface area contributed by atoms with Crippen molar-refractivity contribution in [3.8, 4) is 0 Å². The van der Waals surface area contributed by atoms with Crippen molar-refractivity contribution in [3.63, 3.8) is 0 Å². The van der Waals surface area contributed by atoms with Gasteiger partial charge in [-0.15, -0.1) is 24.0 Å². The van der Waals surface area contributed by atoms with E-state index in [1.54, 1.807) is 24.0 Å². The number of hydrogen-bond acceptors (Lipinski definition) is 5. The molecule has 0 radical (unpaired) electrons. The van der Waals surface area contributed by atoms with Gasteiger partial charge in [0.05, 0.1) is 6.10 Å². The number of nitrogens with one attached hydrogen (secondary N) is 1. The second-order valence-electron chi connectivity index (χ2n) is 8.63. The molecule has 3 fully saturated rings. The summed E-state index contributed by atoms with van der Waals surface area (Å²) >= 11 is 0. The Bertz CT molecular complexity index is 802. The molecular weight excluding hydrogens is 483 g/mol. The van der Waals surface area contributed by atoms with E-state index in [9.17, 15) is 4.79 Å². The maximum Gasteiger partial charge on any atom is 0.293 e. The number of anilines is 1. The molecule has 3 unspecified atom stereocenters. The summed E-state index contributed by atoms with van der Waals surface area (Å²) in [4.78, 5) is 25.8. The molecule has 1 aromatic heterocycles. The second kappa shape index (κ2) is 8.79. The number of aliphatic imine (C=N–C) groups is 1. The topological polar surface area (TPSA) is 75.0 Å². The molecule has 1 saturated carbocycles. The molecule has 1 aromatic rings. The molecule has 9 heteroatoms. The van der Waals surface area contributed by atoms with Crippen molar-refractivity contribution in [1.29, 1.82) is 0 Å². The average Bonchev–Trinajstić information content (AvgIpc) is 3.15. The molecule has 0 amide bonds. The van der Waals surface area contributed by atoms with Crippen LogP contribution < -0.4 is 15.8 Å². The summed E-state index contributed by atoms with van der Waals surface area (Å²) in [6.07, 6.45) is 4.87. The summed E-state index contributed by atoms with van der Waals surface area (Å²) < 4.78 is 7.51. The lowest BCUT2D eigenvalue weighted by Gasteiger charge is -2.55. The molecule has 4 rings (SSSR count). The Labute approximate surface area is 189 Å². The molecule has 29 heavy (non-hydrogen) atoms. The first kappa shape index (κ1) is 22.3. The number of aryl methyl sites for hydroxylation is 1. The number of halogens is 1. The van der Waals surface area contributed by atoms with Crippen LogP contribution in [0.2, 0.25) is 0 Å². The van der Waals surface area contributed by atoms with Gasteiger partial charge in [0.2, 0.25) is 0 Å². The average molecular weight is 516 g/mol. The van der Waals surface area contributed by atoms with E-state index < -0.39 is 0 Å². The number of hydrogen-bond donors (Lipinski definition) is 1. The maximum atomic E-state index is 12.4. The van der Waals surface area contributed by atoms with Gasteiger partial charge in [-0.3, -0.25) is 9.79 Å². The van der Waals surface area contributed by atoms with Crippen LogP contribution in [0.15, 0.2) is 22.2 Å². The van der Waals surface area contributed by atoms with Crippen LogP contribution in [0.3, 0.4) is 0 Å². The Morgan fingerprint density at radius 1 is 1.34 bits per heavy atom. The van der Waals surface area contributed by atoms with Gasteiger partial charge in [-0.1, -0.05) is 13.8 Å². The second-order valence-corrected chi connectivity index (χ2v) is 8.63. The quantitative estimate of drug-likeness (QED) is 0.371. The largest absolute Gasteiger partial charge is 0.377 e. The molecule has 0 bridgehead atoms. The fourth-order valence-corrected chi connectivity index (χ4v) is 4.97. The van der Waals surface area contributed by atoms with Gasteiger partial charge >= 0.3 is 0 Å². The fraction of sp³-hybridized carbons (Fsp3) is 0.750. The standard InChI is InChI=1S/C20H32N6O2.HI/c1-5-21-19(23-15-14-6-13-28-16(14)20(15,2)3)26-11-9-25(10-12-26)17-18(27)24(4)8-7-22-17;/h7-8,14-16H,5-6,9-13H2,1-4H3,(H,21,23);1H. The lowest BCUT2D eigenvalue weighted by molar-refractivity contribution is -0.107. The van der Waals surface area contributed by atoms with Gasteiger partial charge in [-0.2, -0.15) is 0 Å². The van der Waals surface area contributed by atoms with Crippen molar-refractivity contribution in [1.82, 2.24) is 19.8 Å². The first-order valence-corrected chi connectivity index (χ1v) is 10.4. The third kappa shape index (κ3) is 3.99. The number of piperazine rings is 1. The van der Waals surface area contributed by atoms with E-state index in [0.29, 0.717) is 23.9 Å². The highest BCUT2D eigenvalue weighted by molar-refractivity contribution is 14.0. The number of guanidine groups is 1. The van der Waals surface area contributed by atoms with Gasteiger partial charge in [0.25, 0.3) is 5.56 Å². The SMILES string of the molecule is CCN=C(NC1C2CCOC2C1(C)C)N1CCN(c2nccn(C)c2=O)CC1.I. The summed E-state index contributed by atoms with van der Waals surface area (Å²) in [5.41, 5.74) is 0.0810. The number of aromatic nitrogens is 2. The fourth-order valence-electron chi connectivity index (χ4n) is 4.97. The van der Waals surface area contributed by atoms with E-state index >= 15 is 0 Å². The predicted octanol–water partition coefficient (Wildman–Crippen LogP) is 1.30. The van der Waals surface area contributed by atoms with E-state index in [1.807, 2.05) is 0 Å². The number of nitrogens with zero attached hydrogens (tertiary/aromatic N) is 5. The van der Waals surface area contributed by atoms with Crippen LogP contribution in [0.1, 0.15) is 27.2 Å². The molecule has 3 heterocycles. The first-order chi connectivity index (χ1) is 13.4. The van der Waals surface area contributed by atoms with Crippen LogP contribution in [-0.4, -0.2) is 71.9 Å². The van der Waals surface area contributed by atoms with Gasteiger partial charge < -0.3 is 24.4 Å². The van der Waals surface area contributed by atoms with Crippen molar-refractivity contribution in [2.24, 2.45) is 23.4 Å². The van der Waals surface area contributed by atoms with E-state index in [1.165, 1.54) is 0 Å². The number of fused-ring (bicyclic) bond motifs is 1. The highest BCUT2D eigenvalue weighted by Gasteiger charge is 2.59. The Hall–Kier alpha value is -1.36. The zero-order chi connectivity index (χ0) is 19.9. The van der Waals surface area contributed by atoms with Crippen molar-refractivity contribution in [2.75, 3.05) is 44.2 Å². The third-order valence-corrected chi connectivity index (χ3v) is 6.57. The molecule has 162 valence electrons. The molecule has 8 nitrogen and oxygen atoms in total. The summed E-state index contributed by atoms with van der Waals surface area (Å²) in [7, 11) is 1.76. The summed E-state index contributed by atoms with van der Waals surface area (Å²) in [5.74, 6) is 2.10. The van der Waals surface area contributed by atoms with Crippen molar-refractivity contribution in [2.45, 2.75) is 39.3 Å². The molecule has 2 aliphatic heterocycles. The van der Waals surface area contributed by atoms with Gasteiger partial charge in [0.1, 0.15) is 0 Å². The van der Waals surface area contributed by atoms with Crippen LogP contribution in [0.4, 0.5) is 5.82 Å². The minimum absolute atomic E-state index is 0. The maximum absolute atomic E-state index is 12.4. The number of rotatable bonds is 3. The Morgan fingerprint density at radius 3 is 2.76 bits per heavy atom. The normalized spacial score (nSPS) is 28.4. The highest BCUT2D eigenvalue weighted by Crippen LogP contribution is 2.52. The van der Waals surface area contributed by atoms with Crippen LogP contribution in [0.25, 0.3) is 0 Å². The highest BCUT2D eigenvalue weighted by atomic mass is 127. The molecule has 0 aromatic carbocycles. The number of ether oxygens (including phenoxy) is 1. The predicted molar refractivity (Wildman–Crippen MR) is 125 cm³/mol. The minimum Gasteiger partial charge on any atom is -0.377 e. The van der Waals surface area contributed by atoms with E-state index in [0.717, 1.165) is 51.7 Å². The van der Waals surface area contributed by atoms with Crippen molar-refractivity contribution in [3.05, 3.63) is 22.7 Å².